The van der Waals surface area contributed by atoms with Gasteiger partial charge in [-0.3, -0.25) is 4.79 Å². The third-order valence-corrected chi connectivity index (χ3v) is 7.41. The predicted molar refractivity (Wildman–Crippen MR) is 156 cm³/mol. The van der Waals surface area contributed by atoms with E-state index in [1.807, 2.05) is 43.3 Å². The Balaban J connectivity index is 1.66. The molecule has 0 atom stereocenters. The highest BCUT2D eigenvalue weighted by atomic mass is 16.4. The molecule has 1 N–H and O–H groups in total. The number of anilines is 2. The van der Waals surface area contributed by atoms with Crippen molar-refractivity contribution in [3.63, 3.8) is 0 Å². The van der Waals surface area contributed by atoms with Crippen molar-refractivity contribution in [2.45, 2.75) is 52.0 Å². The molecule has 1 fully saturated rings. The lowest BCUT2D eigenvalue weighted by molar-refractivity contribution is -0.131. The number of carbonyl (C=O) groups is 2. The van der Waals surface area contributed by atoms with E-state index in [4.69, 9.17) is 5.11 Å². The molecule has 0 unspecified atom stereocenters. The Morgan fingerprint density at radius 1 is 0.921 bits per heavy atom. The number of hydrogen-bond donors (Lipinski definition) is 1. The van der Waals surface area contributed by atoms with E-state index in [0.717, 1.165) is 55.0 Å². The van der Waals surface area contributed by atoms with Crippen molar-refractivity contribution in [1.82, 2.24) is 0 Å². The van der Waals surface area contributed by atoms with Crippen molar-refractivity contribution in [2.24, 2.45) is 5.92 Å². The number of carboxylic acids is 1. The molecule has 5 heteroatoms. The van der Waals surface area contributed by atoms with Crippen molar-refractivity contribution < 1.29 is 14.7 Å². The second kappa shape index (κ2) is 12.6. The van der Waals surface area contributed by atoms with Gasteiger partial charge in [0.2, 0.25) is 5.91 Å². The lowest BCUT2D eigenvalue weighted by atomic mass is 9.88. The Labute approximate surface area is 226 Å². The Morgan fingerprint density at radius 2 is 1.66 bits per heavy atom. The van der Waals surface area contributed by atoms with Gasteiger partial charge in [0, 0.05) is 37.5 Å². The van der Waals surface area contributed by atoms with Crippen molar-refractivity contribution in [3.8, 4) is 11.1 Å². The van der Waals surface area contributed by atoms with Crippen LogP contribution in [0.15, 0.2) is 72.8 Å². The van der Waals surface area contributed by atoms with Gasteiger partial charge < -0.3 is 14.9 Å². The minimum atomic E-state index is -0.992. The number of amides is 1. The fraction of sp³-hybridized carbons (Fsp3) is 0.333. The van der Waals surface area contributed by atoms with Crippen molar-refractivity contribution in [1.29, 1.82) is 0 Å². The third kappa shape index (κ3) is 6.71. The average molecular weight is 511 g/mol. The topological polar surface area (TPSA) is 60.9 Å². The van der Waals surface area contributed by atoms with Gasteiger partial charge >= 0.3 is 5.97 Å². The van der Waals surface area contributed by atoms with Crippen LogP contribution in [0, 0.1) is 5.92 Å². The number of carbonyl (C=O) groups excluding carboxylic acids is 1. The SMILES string of the molecule is CCc1cc(CN(C(=O)C2CCCCC2)c2cccc(C=CC(=O)O)c2)ccc1-c1ccc(N(C)C)cc1. The Morgan fingerprint density at radius 3 is 2.32 bits per heavy atom. The Hall–Kier alpha value is -3.86. The van der Waals surface area contributed by atoms with E-state index in [-0.39, 0.29) is 11.8 Å². The summed E-state index contributed by atoms with van der Waals surface area (Å²) in [6.45, 7) is 2.65. The molecular weight excluding hydrogens is 472 g/mol. The molecule has 5 nitrogen and oxygen atoms in total. The number of benzene rings is 3. The summed E-state index contributed by atoms with van der Waals surface area (Å²) >= 11 is 0. The van der Waals surface area contributed by atoms with Crippen LogP contribution in [0.4, 0.5) is 11.4 Å². The van der Waals surface area contributed by atoms with Gasteiger partial charge in [0.15, 0.2) is 0 Å². The predicted octanol–water partition coefficient (Wildman–Crippen LogP) is 7.19. The highest BCUT2D eigenvalue weighted by Gasteiger charge is 2.27. The van der Waals surface area contributed by atoms with E-state index in [1.54, 1.807) is 6.08 Å². The molecule has 1 amide bonds. The highest BCUT2D eigenvalue weighted by Crippen LogP contribution is 2.31. The highest BCUT2D eigenvalue weighted by molar-refractivity contribution is 5.95. The van der Waals surface area contributed by atoms with Gasteiger partial charge in [-0.1, -0.05) is 68.7 Å². The van der Waals surface area contributed by atoms with E-state index >= 15 is 0 Å². The molecule has 198 valence electrons. The first kappa shape index (κ1) is 27.2. The molecule has 1 aliphatic rings. The molecule has 3 aromatic carbocycles. The van der Waals surface area contributed by atoms with Crippen molar-refractivity contribution >= 4 is 29.3 Å². The first-order valence-corrected chi connectivity index (χ1v) is 13.6. The summed E-state index contributed by atoms with van der Waals surface area (Å²) in [6, 6.07) is 22.7. The molecule has 0 saturated heterocycles. The third-order valence-electron chi connectivity index (χ3n) is 7.41. The molecule has 1 aliphatic carbocycles. The molecule has 0 spiro atoms. The molecular formula is C33H38N2O3. The molecule has 0 radical (unpaired) electrons. The van der Waals surface area contributed by atoms with Crippen LogP contribution in [0.25, 0.3) is 17.2 Å². The maximum absolute atomic E-state index is 13.8. The maximum Gasteiger partial charge on any atom is 0.328 e. The minimum Gasteiger partial charge on any atom is -0.478 e. The van der Waals surface area contributed by atoms with E-state index in [9.17, 15) is 9.59 Å². The second-order valence-electron chi connectivity index (χ2n) is 10.3. The standard InChI is InChI=1S/C33H38N2O3/c1-4-26-21-25(13-19-31(26)27-15-17-29(18-16-27)34(2)3)23-35(33(38)28-10-6-5-7-11-28)30-12-8-9-24(22-30)14-20-32(36)37/h8-9,12-22,28H,4-7,10-11,23H2,1-3H3,(H,36,37). The Kier molecular flexibility index (Phi) is 9.01. The summed E-state index contributed by atoms with van der Waals surface area (Å²) in [6.07, 6.45) is 8.82. The normalized spacial score (nSPS) is 14.0. The summed E-state index contributed by atoms with van der Waals surface area (Å²) in [7, 11) is 4.08. The molecule has 38 heavy (non-hydrogen) atoms. The number of carboxylic acid groups (broad SMARTS) is 1. The molecule has 4 rings (SSSR count). The van der Waals surface area contributed by atoms with Crippen LogP contribution >= 0.6 is 0 Å². The molecule has 1 saturated carbocycles. The largest absolute Gasteiger partial charge is 0.478 e. The summed E-state index contributed by atoms with van der Waals surface area (Å²) in [4.78, 5) is 28.8. The second-order valence-corrected chi connectivity index (χ2v) is 10.3. The van der Waals surface area contributed by atoms with Gasteiger partial charge in [-0.25, -0.2) is 4.79 Å². The van der Waals surface area contributed by atoms with E-state index in [1.165, 1.54) is 28.8 Å². The van der Waals surface area contributed by atoms with Crippen molar-refractivity contribution in [2.75, 3.05) is 23.9 Å². The lowest BCUT2D eigenvalue weighted by Gasteiger charge is -2.30. The average Bonchev–Trinajstić information content (AvgIpc) is 2.95. The van der Waals surface area contributed by atoms with Gasteiger partial charge in [0.05, 0.1) is 6.54 Å². The zero-order chi connectivity index (χ0) is 27.1. The van der Waals surface area contributed by atoms with E-state index in [0.29, 0.717) is 6.54 Å². The van der Waals surface area contributed by atoms with Gasteiger partial charge in [-0.15, -0.1) is 0 Å². The van der Waals surface area contributed by atoms with Crippen LogP contribution in [0.3, 0.4) is 0 Å². The van der Waals surface area contributed by atoms with Gasteiger partial charge in [0.25, 0.3) is 0 Å². The minimum absolute atomic E-state index is 0.0297. The zero-order valence-corrected chi connectivity index (χ0v) is 22.7. The van der Waals surface area contributed by atoms with Crippen LogP contribution in [0.1, 0.15) is 55.7 Å². The first-order chi connectivity index (χ1) is 18.4. The fourth-order valence-corrected chi connectivity index (χ4v) is 5.27. The lowest BCUT2D eigenvalue weighted by Crippen LogP contribution is -2.36. The summed E-state index contributed by atoms with van der Waals surface area (Å²) in [5.41, 5.74) is 7.47. The van der Waals surface area contributed by atoms with Crippen LogP contribution in [0.2, 0.25) is 0 Å². The van der Waals surface area contributed by atoms with E-state index < -0.39 is 5.97 Å². The first-order valence-electron chi connectivity index (χ1n) is 13.6. The summed E-state index contributed by atoms with van der Waals surface area (Å²) in [5.74, 6) is -0.804. The maximum atomic E-state index is 13.8. The van der Waals surface area contributed by atoms with Crippen LogP contribution in [0.5, 0.6) is 0 Å². The molecule has 0 aromatic heterocycles. The van der Waals surface area contributed by atoms with Crippen molar-refractivity contribution in [3.05, 3.63) is 89.5 Å². The Bertz CT molecular complexity index is 1290. The van der Waals surface area contributed by atoms with Gasteiger partial charge in [0.1, 0.15) is 0 Å². The molecule has 3 aromatic rings. The molecule has 0 bridgehead atoms. The fourth-order valence-electron chi connectivity index (χ4n) is 5.27. The smallest absolute Gasteiger partial charge is 0.328 e. The zero-order valence-electron chi connectivity index (χ0n) is 22.7. The summed E-state index contributed by atoms with van der Waals surface area (Å²) in [5, 5.41) is 9.04. The number of aliphatic carboxylic acids is 1. The van der Waals surface area contributed by atoms with Gasteiger partial charge in [-0.05, 0) is 77.4 Å². The van der Waals surface area contributed by atoms with Gasteiger partial charge in [-0.2, -0.15) is 0 Å². The van der Waals surface area contributed by atoms with Crippen LogP contribution < -0.4 is 9.80 Å². The summed E-state index contributed by atoms with van der Waals surface area (Å²) < 4.78 is 0. The van der Waals surface area contributed by atoms with E-state index in [2.05, 4.69) is 54.3 Å². The number of rotatable bonds is 9. The number of hydrogen-bond acceptors (Lipinski definition) is 3. The molecule has 0 aliphatic heterocycles. The monoisotopic (exact) mass is 510 g/mol. The quantitative estimate of drug-likeness (QED) is 0.309. The molecule has 0 heterocycles. The van der Waals surface area contributed by atoms with Crippen LogP contribution in [-0.2, 0) is 22.6 Å². The van der Waals surface area contributed by atoms with Crippen LogP contribution in [-0.4, -0.2) is 31.1 Å². The number of aryl methyl sites for hydroxylation is 1. The number of nitrogens with zero attached hydrogens (tertiary/aromatic N) is 2.